The zero-order chi connectivity index (χ0) is 11.9. The Labute approximate surface area is 97.3 Å². The van der Waals surface area contributed by atoms with E-state index in [2.05, 4.69) is 57.6 Å². The van der Waals surface area contributed by atoms with E-state index in [1.807, 2.05) is 0 Å². The van der Waals surface area contributed by atoms with Crippen molar-refractivity contribution in [1.29, 1.82) is 0 Å². The first kappa shape index (κ1) is 11.2. The molecule has 0 aliphatic heterocycles. The van der Waals surface area contributed by atoms with Crippen LogP contribution in [0.25, 0.3) is 11.0 Å². The molecule has 2 rings (SSSR count). The molecule has 0 unspecified atom stereocenters. The van der Waals surface area contributed by atoms with E-state index in [9.17, 15) is 0 Å². The maximum Gasteiger partial charge on any atom is 0.139 e. The summed E-state index contributed by atoms with van der Waals surface area (Å²) >= 11 is 0. The van der Waals surface area contributed by atoms with Crippen molar-refractivity contribution in [2.75, 3.05) is 0 Å². The second kappa shape index (κ2) is 3.93. The van der Waals surface area contributed by atoms with Gasteiger partial charge in [-0.25, -0.2) is 4.98 Å². The third kappa shape index (κ3) is 1.73. The van der Waals surface area contributed by atoms with Gasteiger partial charge in [0.1, 0.15) is 5.65 Å². The van der Waals surface area contributed by atoms with Crippen LogP contribution in [-0.4, -0.2) is 9.55 Å². The first-order valence-electron chi connectivity index (χ1n) is 5.96. The van der Waals surface area contributed by atoms with Crippen LogP contribution in [-0.2, 0) is 7.05 Å². The Kier molecular flexibility index (Phi) is 2.75. The van der Waals surface area contributed by atoms with E-state index in [0.29, 0.717) is 11.8 Å². The number of rotatable bonds is 2. The van der Waals surface area contributed by atoms with Gasteiger partial charge in [0, 0.05) is 24.3 Å². The molecule has 0 fully saturated rings. The van der Waals surface area contributed by atoms with Crippen molar-refractivity contribution in [3.8, 4) is 0 Å². The lowest BCUT2D eigenvalue weighted by Gasteiger charge is -2.15. The van der Waals surface area contributed by atoms with Gasteiger partial charge in [0.05, 0.1) is 0 Å². The van der Waals surface area contributed by atoms with Gasteiger partial charge >= 0.3 is 0 Å². The lowest BCUT2D eigenvalue weighted by molar-refractivity contribution is 0.759. The van der Waals surface area contributed by atoms with E-state index in [0.717, 1.165) is 5.65 Å². The molecule has 0 saturated heterocycles. The van der Waals surface area contributed by atoms with Gasteiger partial charge in [-0.1, -0.05) is 27.7 Å². The Hall–Kier alpha value is -1.31. The van der Waals surface area contributed by atoms with Crippen LogP contribution in [0.5, 0.6) is 0 Å². The normalized spacial score (nSPS) is 11.9. The molecule has 2 nitrogen and oxygen atoms in total. The van der Waals surface area contributed by atoms with Crippen LogP contribution in [0.15, 0.2) is 18.3 Å². The Morgan fingerprint density at radius 3 is 2.38 bits per heavy atom. The molecule has 2 heteroatoms. The maximum absolute atomic E-state index is 4.82. The minimum atomic E-state index is 0.483. The molecule has 0 atom stereocenters. The lowest BCUT2D eigenvalue weighted by Crippen LogP contribution is -2.03. The Morgan fingerprint density at radius 2 is 1.81 bits per heavy atom. The van der Waals surface area contributed by atoms with E-state index >= 15 is 0 Å². The molecule has 16 heavy (non-hydrogen) atoms. The fourth-order valence-electron chi connectivity index (χ4n) is 2.14. The smallest absolute Gasteiger partial charge is 0.139 e. The largest absolute Gasteiger partial charge is 0.336 e. The van der Waals surface area contributed by atoms with Crippen LogP contribution in [0.1, 0.15) is 50.8 Å². The van der Waals surface area contributed by atoms with Gasteiger partial charge in [-0.3, -0.25) is 0 Å². The summed E-state index contributed by atoms with van der Waals surface area (Å²) in [6.07, 6.45) is 2.08. The topological polar surface area (TPSA) is 17.8 Å². The molecule has 0 N–H and O–H groups in total. The molecule has 2 aromatic heterocycles. The Bertz CT molecular complexity index is 507. The van der Waals surface area contributed by atoms with Crippen LogP contribution < -0.4 is 0 Å². The Balaban J connectivity index is 2.73. The molecule has 0 aliphatic rings. The second-order valence-electron chi connectivity index (χ2n) is 5.11. The fourth-order valence-corrected chi connectivity index (χ4v) is 2.14. The SMILES string of the molecule is CC(C)c1cc2ccn(C)c2nc1C(C)C. The van der Waals surface area contributed by atoms with Crippen LogP contribution in [0.4, 0.5) is 0 Å². The molecule has 2 aromatic rings. The lowest BCUT2D eigenvalue weighted by atomic mass is 9.95. The van der Waals surface area contributed by atoms with E-state index in [-0.39, 0.29) is 0 Å². The monoisotopic (exact) mass is 216 g/mol. The standard InChI is InChI=1S/C14H20N2/c1-9(2)12-8-11-6-7-16(5)14(11)15-13(12)10(3)4/h6-10H,1-5H3. The third-order valence-electron chi connectivity index (χ3n) is 3.07. The van der Waals surface area contributed by atoms with Crippen LogP contribution >= 0.6 is 0 Å². The molecule has 0 bridgehead atoms. The summed E-state index contributed by atoms with van der Waals surface area (Å²) in [5.41, 5.74) is 3.71. The summed E-state index contributed by atoms with van der Waals surface area (Å²) in [7, 11) is 2.05. The predicted molar refractivity (Wildman–Crippen MR) is 68.9 cm³/mol. The highest BCUT2D eigenvalue weighted by Crippen LogP contribution is 2.28. The summed E-state index contributed by atoms with van der Waals surface area (Å²) in [6.45, 7) is 8.89. The summed E-state index contributed by atoms with van der Waals surface area (Å²) in [5, 5.41) is 1.25. The number of fused-ring (bicyclic) bond motifs is 1. The highest BCUT2D eigenvalue weighted by Gasteiger charge is 2.14. The van der Waals surface area contributed by atoms with Crippen molar-refractivity contribution in [2.45, 2.75) is 39.5 Å². The average molecular weight is 216 g/mol. The van der Waals surface area contributed by atoms with Gasteiger partial charge in [-0.05, 0) is 29.5 Å². The second-order valence-corrected chi connectivity index (χ2v) is 5.11. The number of aromatic nitrogens is 2. The first-order valence-corrected chi connectivity index (χ1v) is 5.96. The third-order valence-corrected chi connectivity index (χ3v) is 3.07. The average Bonchev–Trinajstić information content (AvgIpc) is 2.58. The minimum Gasteiger partial charge on any atom is -0.336 e. The van der Waals surface area contributed by atoms with E-state index in [1.54, 1.807) is 0 Å². The van der Waals surface area contributed by atoms with Crippen molar-refractivity contribution < 1.29 is 0 Å². The molecule has 0 saturated carbocycles. The van der Waals surface area contributed by atoms with Crippen molar-refractivity contribution >= 4 is 11.0 Å². The predicted octanol–water partition coefficient (Wildman–Crippen LogP) is 3.82. The van der Waals surface area contributed by atoms with E-state index < -0.39 is 0 Å². The molecule has 0 amide bonds. The molecular weight excluding hydrogens is 196 g/mol. The number of aryl methyl sites for hydroxylation is 1. The zero-order valence-corrected chi connectivity index (χ0v) is 10.8. The summed E-state index contributed by atoms with van der Waals surface area (Å²) < 4.78 is 2.09. The zero-order valence-electron chi connectivity index (χ0n) is 10.8. The van der Waals surface area contributed by atoms with Gasteiger partial charge in [0.25, 0.3) is 0 Å². The Morgan fingerprint density at radius 1 is 1.12 bits per heavy atom. The summed E-state index contributed by atoms with van der Waals surface area (Å²) in [6, 6.07) is 4.43. The molecule has 0 spiro atoms. The van der Waals surface area contributed by atoms with Gasteiger partial charge in [0.15, 0.2) is 0 Å². The van der Waals surface area contributed by atoms with Crippen molar-refractivity contribution in [3.05, 3.63) is 29.6 Å². The quantitative estimate of drug-likeness (QED) is 0.746. The van der Waals surface area contributed by atoms with Crippen LogP contribution in [0.3, 0.4) is 0 Å². The summed E-state index contributed by atoms with van der Waals surface area (Å²) in [4.78, 5) is 4.82. The fraction of sp³-hybridized carbons (Fsp3) is 0.500. The number of nitrogens with zero attached hydrogens (tertiary/aromatic N) is 2. The highest BCUT2D eigenvalue weighted by molar-refractivity contribution is 5.77. The van der Waals surface area contributed by atoms with Crippen molar-refractivity contribution in [3.63, 3.8) is 0 Å². The molecule has 0 aromatic carbocycles. The number of pyridine rings is 1. The van der Waals surface area contributed by atoms with Crippen molar-refractivity contribution in [2.24, 2.45) is 7.05 Å². The van der Waals surface area contributed by atoms with E-state index in [1.165, 1.54) is 16.6 Å². The number of hydrogen-bond donors (Lipinski definition) is 0. The maximum atomic E-state index is 4.82. The molecule has 2 heterocycles. The van der Waals surface area contributed by atoms with Gasteiger partial charge in [0.2, 0.25) is 0 Å². The first-order chi connectivity index (χ1) is 7.50. The van der Waals surface area contributed by atoms with Gasteiger partial charge < -0.3 is 4.57 Å². The molecule has 86 valence electrons. The summed E-state index contributed by atoms with van der Waals surface area (Å²) in [5.74, 6) is 1.02. The highest BCUT2D eigenvalue weighted by atomic mass is 15.0. The van der Waals surface area contributed by atoms with Gasteiger partial charge in [-0.15, -0.1) is 0 Å². The van der Waals surface area contributed by atoms with Gasteiger partial charge in [-0.2, -0.15) is 0 Å². The molecular formula is C14H20N2. The minimum absolute atomic E-state index is 0.483. The van der Waals surface area contributed by atoms with Crippen LogP contribution in [0.2, 0.25) is 0 Å². The van der Waals surface area contributed by atoms with E-state index in [4.69, 9.17) is 4.98 Å². The molecule has 0 radical (unpaired) electrons. The molecule has 0 aliphatic carbocycles. The number of hydrogen-bond acceptors (Lipinski definition) is 1. The van der Waals surface area contributed by atoms with Crippen LogP contribution in [0, 0.1) is 0 Å². The van der Waals surface area contributed by atoms with Crippen molar-refractivity contribution in [1.82, 2.24) is 9.55 Å².